The number of carbonyl (C=O) groups excluding carboxylic acids is 1. The van der Waals surface area contributed by atoms with Crippen LogP contribution in [0.5, 0.6) is 0 Å². The lowest BCUT2D eigenvalue weighted by molar-refractivity contribution is -0.142. The van der Waals surface area contributed by atoms with Crippen LogP contribution in [0.4, 0.5) is 13.2 Å². The van der Waals surface area contributed by atoms with Gasteiger partial charge in [0.1, 0.15) is 4.83 Å². The Hall–Kier alpha value is -0.750. The zero-order valence-electron chi connectivity index (χ0n) is 9.93. The maximum absolute atomic E-state index is 12.4. The van der Waals surface area contributed by atoms with Gasteiger partial charge in [0.05, 0.1) is 12.2 Å². The molecule has 1 unspecified atom stereocenters. The van der Waals surface area contributed by atoms with Crippen molar-refractivity contribution in [3.63, 3.8) is 0 Å². The summed E-state index contributed by atoms with van der Waals surface area (Å²) in [6, 6.07) is 3.05. The number of ether oxygens (including phenoxy) is 1. The van der Waals surface area contributed by atoms with E-state index in [1.54, 1.807) is 6.92 Å². The number of carbonyl (C=O) groups is 1. The summed E-state index contributed by atoms with van der Waals surface area (Å²) in [5.74, 6) is -0.474. The Bertz CT molecular complexity index is 463. The van der Waals surface area contributed by atoms with E-state index < -0.39 is 22.5 Å². The second-order valence-electron chi connectivity index (χ2n) is 3.73. The summed E-state index contributed by atoms with van der Waals surface area (Å²) < 4.78 is 42.1. The zero-order chi connectivity index (χ0) is 14.6. The Labute approximate surface area is 122 Å². The Kier molecular flexibility index (Phi) is 5.67. The second-order valence-corrected chi connectivity index (χ2v) is 5.24. The summed E-state index contributed by atoms with van der Waals surface area (Å²) in [4.78, 5) is 10.8. The van der Waals surface area contributed by atoms with Gasteiger partial charge in [0.2, 0.25) is 0 Å². The van der Waals surface area contributed by atoms with Crippen molar-refractivity contribution >= 4 is 33.5 Å². The molecular formula is C12H11BrClF3O2. The lowest BCUT2D eigenvalue weighted by Gasteiger charge is -2.12. The van der Waals surface area contributed by atoms with Crippen LogP contribution in [0.15, 0.2) is 18.2 Å². The van der Waals surface area contributed by atoms with E-state index >= 15 is 0 Å². The molecule has 1 atom stereocenters. The maximum atomic E-state index is 12.4. The van der Waals surface area contributed by atoms with Crippen molar-refractivity contribution in [1.82, 2.24) is 0 Å². The first-order valence-electron chi connectivity index (χ1n) is 5.42. The number of halogens is 5. The molecule has 0 amide bonds. The number of esters is 1. The van der Waals surface area contributed by atoms with Gasteiger partial charge in [-0.25, -0.2) is 0 Å². The van der Waals surface area contributed by atoms with E-state index in [4.69, 9.17) is 16.3 Å². The van der Waals surface area contributed by atoms with Crippen molar-refractivity contribution in [1.29, 1.82) is 0 Å². The molecule has 0 N–H and O–H groups in total. The van der Waals surface area contributed by atoms with Crippen molar-refractivity contribution in [2.45, 2.75) is 24.3 Å². The Morgan fingerprint density at radius 1 is 1.47 bits per heavy atom. The van der Waals surface area contributed by atoms with Gasteiger partial charge in [0, 0.05) is 5.02 Å². The van der Waals surface area contributed by atoms with Gasteiger partial charge in [-0.15, -0.1) is 0 Å². The highest BCUT2D eigenvalue weighted by Crippen LogP contribution is 2.32. The minimum atomic E-state index is -4.43. The first kappa shape index (κ1) is 16.3. The summed E-state index contributed by atoms with van der Waals surface area (Å²) in [7, 11) is 0. The van der Waals surface area contributed by atoms with E-state index in [0.29, 0.717) is 5.56 Å². The molecule has 7 heteroatoms. The van der Waals surface area contributed by atoms with Crippen LogP contribution in [-0.2, 0) is 22.1 Å². The second kappa shape index (κ2) is 6.61. The summed E-state index contributed by atoms with van der Waals surface area (Å²) >= 11 is 8.91. The van der Waals surface area contributed by atoms with E-state index in [1.807, 2.05) is 0 Å². The molecule has 1 aromatic carbocycles. The van der Waals surface area contributed by atoms with Gasteiger partial charge in [0.15, 0.2) is 0 Å². The summed E-state index contributed by atoms with van der Waals surface area (Å²) in [5, 5.41) is -0.0245. The summed E-state index contributed by atoms with van der Waals surface area (Å²) in [6.45, 7) is 1.91. The number of hydrogen-bond donors (Lipinski definition) is 0. The minimum absolute atomic E-state index is 0.0245. The van der Waals surface area contributed by atoms with Crippen LogP contribution in [0.25, 0.3) is 0 Å². The fourth-order valence-corrected chi connectivity index (χ4v) is 2.14. The monoisotopic (exact) mass is 358 g/mol. The number of benzene rings is 1. The molecule has 1 rings (SSSR count). The molecule has 0 spiro atoms. The average Bonchev–Trinajstić information content (AvgIpc) is 2.30. The van der Waals surface area contributed by atoms with Crippen LogP contribution in [0.2, 0.25) is 5.02 Å². The predicted octanol–water partition coefficient (Wildman–Crippen LogP) is 4.23. The molecule has 0 saturated heterocycles. The van der Waals surface area contributed by atoms with Gasteiger partial charge in [-0.1, -0.05) is 33.6 Å². The summed E-state index contributed by atoms with van der Waals surface area (Å²) in [5.41, 5.74) is -0.367. The molecule has 0 aliphatic heterocycles. The number of hydrogen-bond acceptors (Lipinski definition) is 2. The maximum Gasteiger partial charge on any atom is 0.416 e. The van der Waals surface area contributed by atoms with Gasteiger partial charge in [-0.2, -0.15) is 13.2 Å². The quantitative estimate of drug-likeness (QED) is 0.594. The average molecular weight is 360 g/mol. The number of alkyl halides is 4. The van der Waals surface area contributed by atoms with Crippen molar-refractivity contribution in [2.24, 2.45) is 0 Å². The largest absolute Gasteiger partial charge is 0.465 e. The van der Waals surface area contributed by atoms with Gasteiger partial charge in [0.25, 0.3) is 0 Å². The lowest BCUT2D eigenvalue weighted by Crippen LogP contribution is -2.20. The molecule has 0 aliphatic rings. The van der Waals surface area contributed by atoms with Gasteiger partial charge < -0.3 is 4.74 Å². The predicted molar refractivity (Wildman–Crippen MR) is 69.5 cm³/mol. The zero-order valence-corrected chi connectivity index (χ0v) is 12.3. The van der Waals surface area contributed by atoms with Crippen LogP contribution in [-0.4, -0.2) is 17.4 Å². The Balaban J connectivity index is 2.83. The lowest BCUT2D eigenvalue weighted by atomic mass is 10.1. The highest BCUT2D eigenvalue weighted by molar-refractivity contribution is 9.10. The Morgan fingerprint density at radius 3 is 2.58 bits per heavy atom. The van der Waals surface area contributed by atoms with Crippen molar-refractivity contribution in [2.75, 3.05) is 6.61 Å². The van der Waals surface area contributed by atoms with E-state index in [2.05, 4.69) is 15.9 Å². The molecule has 0 aliphatic carbocycles. The minimum Gasteiger partial charge on any atom is -0.465 e. The molecular weight excluding hydrogens is 348 g/mol. The third-order valence-electron chi connectivity index (χ3n) is 2.32. The number of rotatable bonds is 4. The molecule has 19 heavy (non-hydrogen) atoms. The van der Waals surface area contributed by atoms with E-state index in [1.165, 1.54) is 6.07 Å². The normalized spacial score (nSPS) is 13.2. The first-order valence-corrected chi connectivity index (χ1v) is 6.71. The molecule has 1 aromatic rings. The molecule has 106 valence electrons. The van der Waals surface area contributed by atoms with Crippen molar-refractivity contribution in [3.05, 3.63) is 34.3 Å². The van der Waals surface area contributed by atoms with E-state index in [-0.39, 0.29) is 18.1 Å². The molecule has 0 heterocycles. The van der Waals surface area contributed by atoms with Gasteiger partial charge in [-0.05, 0) is 31.0 Å². The standard InChI is InChI=1S/C12H11BrClF3O2/c1-2-19-11(18)9(13)5-7-3-4-8(6-10(7)14)12(15,16)17/h3-4,6,9H,2,5H2,1H3. The van der Waals surface area contributed by atoms with E-state index in [9.17, 15) is 18.0 Å². The highest BCUT2D eigenvalue weighted by atomic mass is 79.9. The van der Waals surface area contributed by atoms with Gasteiger partial charge >= 0.3 is 12.1 Å². The third-order valence-corrected chi connectivity index (χ3v) is 3.37. The molecule has 0 saturated carbocycles. The molecule has 0 radical (unpaired) electrons. The van der Waals surface area contributed by atoms with E-state index in [0.717, 1.165) is 12.1 Å². The fourth-order valence-electron chi connectivity index (χ4n) is 1.40. The highest BCUT2D eigenvalue weighted by Gasteiger charge is 2.31. The van der Waals surface area contributed by atoms with Crippen molar-refractivity contribution in [3.8, 4) is 0 Å². The van der Waals surface area contributed by atoms with Crippen LogP contribution in [0.1, 0.15) is 18.1 Å². The fraction of sp³-hybridized carbons (Fsp3) is 0.417. The van der Waals surface area contributed by atoms with Crippen LogP contribution >= 0.6 is 27.5 Å². The molecule has 2 nitrogen and oxygen atoms in total. The molecule has 0 fully saturated rings. The summed E-state index contributed by atoms with van der Waals surface area (Å²) in [6.07, 6.45) is -4.27. The van der Waals surface area contributed by atoms with Gasteiger partial charge in [-0.3, -0.25) is 4.79 Å². The van der Waals surface area contributed by atoms with Crippen LogP contribution in [0, 0.1) is 0 Å². The smallest absolute Gasteiger partial charge is 0.416 e. The third kappa shape index (κ3) is 4.69. The molecule has 0 aromatic heterocycles. The van der Waals surface area contributed by atoms with Crippen molar-refractivity contribution < 1.29 is 22.7 Å². The van der Waals surface area contributed by atoms with Crippen LogP contribution in [0.3, 0.4) is 0 Å². The SMILES string of the molecule is CCOC(=O)C(Br)Cc1ccc(C(F)(F)F)cc1Cl. The first-order chi connectivity index (χ1) is 8.75. The van der Waals surface area contributed by atoms with Crippen LogP contribution < -0.4 is 0 Å². The molecule has 0 bridgehead atoms. The topological polar surface area (TPSA) is 26.3 Å². The Morgan fingerprint density at radius 2 is 2.11 bits per heavy atom.